The van der Waals surface area contributed by atoms with Crippen LogP contribution < -0.4 is 0 Å². The molecule has 0 aliphatic carbocycles. The van der Waals surface area contributed by atoms with Gasteiger partial charge in [-0.15, -0.1) is 0 Å². The van der Waals surface area contributed by atoms with Crippen LogP contribution in [0.1, 0.15) is 30.9 Å². The quantitative estimate of drug-likeness (QED) is 0.766. The van der Waals surface area contributed by atoms with Crippen molar-refractivity contribution in [2.75, 3.05) is 38.1 Å². The molecule has 1 aromatic carbocycles. The molecule has 0 aromatic heterocycles. The molecular weight excluding hydrogens is 300 g/mol. The minimum atomic E-state index is 0.627. The topological polar surface area (TPSA) is 6.48 Å². The summed E-state index contributed by atoms with van der Waals surface area (Å²) in [6.45, 7) is 11.6. The number of nitrogens with zero attached hydrogens (tertiary/aromatic N) is 2. The van der Waals surface area contributed by atoms with Crippen molar-refractivity contribution < 1.29 is 0 Å². The minimum absolute atomic E-state index is 0.627. The van der Waals surface area contributed by atoms with Crippen LogP contribution in [0.15, 0.2) is 24.3 Å². The first-order valence-corrected chi connectivity index (χ1v) is 8.40. The number of hydrogen-bond acceptors (Lipinski definition) is 2. The van der Waals surface area contributed by atoms with Gasteiger partial charge in [-0.2, -0.15) is 0 Å². The van der Waals surface area contributed by atoms with Gasteiger partial charge in [-0.1, -0.05) is 54.0 Å². The van der Waals surface area contributed by atoms with Gasteiger partial charge >= 0.3 is 0 Å². The highest BCUT2D eigenvalue weighted by Crippen LogP contribution is 2.16. The maximum Gasteiger partial charge on any atom is 0.0234 e. The summed E-state index contributed by atoms with van der Waals surface area (Å²) < 4.78 is 0. The molecule has 106 valence electrons. The van der Waals surface area contributed by atoms with E-state index in [-0.39, 0.29) is 0 Å². The Kier molecular flexibility index (Phi) is 5.86. The lowest BCUT2D eigenvalue weighted by atomic mass is 10.0. The van der Waals surface area contributed by atoms with E-state index in [9.17, 15) is 0 Å². The van der Waals surface area contributed by atoms with Crippen LogP contribution in [0.2, 0.25) is 0 Å². The third-order valence-corrected chi connectivity index (χ3v) is 4.27. The zero-order valence-electron chi connectivity index (χ0n) is 12.1. The van der Waals surface area contributed by atoms with Crippen molar-refractivity contribution in [3.8, 4) is 0 Å². The highest BCUT2D eigenvalue weighted by Gasteiger charge is 2.16. The lowest BCUT2D eigenvalue weighted by Gasteiger charge is -2.34. The molecule has 0 saturated carbocycles. The molecule has 1 aliphatic rings. The van der Waals surface area contributed by atoms with Crippen molar-refractivity contribution in [3.63, 3.8) is 0 Å². The van der Waals surface area contributed by atoms with Gasteiger partial charge in [-0.05, 0) is 17.0 Å². The van der Waals surface area contributed by atoms with E-state index in [2.05, 4.69) is 63.8 Å². The predicted octanol–water partition coefficient (Wildman–Crippen LogP) is 3.32. The summed E-state index contributed by atoms with van der Waals surface area (Å²) in [4.78, 5) is 5.10. The van der Waals surface area contributed by atoms with E-state index >= 15 is 0 Å². The Balaban J connectivity index is 1.82. The first-order valence-electron chi connectivity index (χ1n) is 7.28. The van der Waals surface area contributed by atoms with Crippen LogP contribution in [0.25, 0.3) is 0 Å². The Hall–Kier alpha value is -0.380. The monoisotopic (exact) mass is 324 g/mol. The Labute approximate surface area is 125 Å². The summed E-state index contributed by atoms with van der Waals surface area (Å²) in [7, 11) is 0. The molecule has 19 heavy (non-hydrogen) atoms. The largest absolute Gasteiger partial charge is 0.300 e. The van der Waals surface area contributed by atoms with E-state index < -0.39 is 0 Å². The second kappa shape index (κ2) is 7.41. The highest BCUT2D eigenvalue weighted by molar-refractivity contribution is 9.09. The van der Waals surface area contributed by atoms with Gasteiger partial charge < -0.3 is 0 Å². The normalized spacial score (nSPS) is 18.1. The van der Waals surface area contributed by atoms with Crippen molar-refractivity contribution in [3.05, 3.63) is 35.4 Å². The molecule has 1 aromatic rings. The Morgan fingerprint density at radius 3 is 2.11 bits per heavy atom. The van der Waals surface area contributed by atoms with E-state index in [0.29, 0.717) is 5.92 Å². The number of benzene rings is 1. The molecule has 0 spiro atoms. The Bertz CT molecular complexity index is 367. The maximum absolute atomic E-state index is 3.52. The molecule has 0 atom stereocenters. The van der Waals surface area contributed by atoms with Crippen molar-refractivity contribution in [2.24, 2.45) is 0 Å². The third kappa shape index (κ3) is 4.59. The molecule has 1 saturated heterocycles. The van der Waals surface area contributed by atoms with E-state index in [1.807, 2.05) is 0 Å². The van der Waals surface area contributed by atoms with Gasteiger partial charge in [0.15, 0.2) is 0 Å². The van der Waals surface area contributed by atoms with E-state index in [1.165, 1.54) is 43.9 Å². The molecule has 0 amide bonds. The summed E-state index contributed by atoms with van der Waals surface area (Å²) in [5.41, 5.74) is 2.88. The molecule has 0 radical (unpaired) electrons. The molecule has 3 heteroatoms. The molecule has 2 nitrogen and oxygen atoms in total. The van der Waals surface area contributed by atoms with Crippen LogP contribution in [0.5, 0.6) is 0 Å². The molecule has 2 rings (SSSR count). The SMILES string of the molecule is CC(C)c1ccc(CN2CCN(CCBr)CC2)cc1. The van der Waals surface area contributed by atoms with Gasteiger partial charge in [-0.25, -0.2) is 0 Å². The molecule has 1 aliphatic heterocycles. The lowest BCUT2D eigenvalue weighted by Crippen LogP contribution is -2.46. The predicted molar refractivity (Wildman–Crippen MR) is 86.0 cm³/mol. The van der Waals surface area contributed by atoms with Crippen LogP contribution in [-0.4, -0.2) is 47.9 Å². The zero-order chi connectivity index (χ0) is 13.7. The van der Waals surface area contributed by atoms with Crippen LogP contribution in [-0.2, 0) is 6.54 Å². The summed E-state index contributed by atoms with van der Waals surface area (Å²) in [5, 5.41) is 1.09. The fourth-order valence-electron chi connectivity index (χ4n) is 2.56. The second-order valence-electron chi connectivity index (χ2n) is 5.70. The Morgan fingerprint density at radius 2 is 1.58 bits per heavy atom. The lowest BCUT2D eigenvalue weighted by molar-refractivity contribution is 0.133. The maximum atomic E-state index is 3.52. The van der Waals surface area contributed by atoms with Crippen molar-refractivity contribution in [1.29, 1.82) is 0 Å². The number of halogens is 1. The standard InChI is InChI=1S/C16H25BrN2/c1-14(2)16-5-3-15(4-6-16)13-19-11-9-18(8-7-17)10-12-19/h3-6,14H,7-13H2,1-2H3. The fraction of sp³-hybridized carbons (Fsp3) is 0.625. The first-order chi connectivity index (χ1) is 9.19. The van der Waals surface area contributed by atoms with E-state index in [4.69, 9.17) is 0 Å². The van der Waals surface area contributed by atoms with Gasteiger partial charge in [0.05, 0.1) is 0 Å². The smallest absolute Gasteiger partial charge is 0.0234 e. The number of rotatable bonds is 5. The first kappa shape index (κ1) is 15.0. The average Bonchev–Trinajstić information content (AvgIpc) is 2.42. The summed E-state index contributed by atoms with van der Waals surface area (Å²) in [6, 6.07) is 9.14. The van der Waals surface area contributed by atoms with Crippen LogP contribution >= 0.6 is 15.9 Å². The zero-order valence-corrected chi connectivity index (χ0v) is 13.7. The second-order valence-corrected chi connectivity index (χ2v) is 6.50. The number of alkyl halides is 1. The van der Waals surface area contributed by atoms with Gasteiger partial charge in [0.2, 0.25) is 0 Å². The van der Waals surface area contributed by atoms with Crippen LogP contribution in [0.3, 0.4) is 0 Å². The summed E-state index contributed by atoms with van der Waals surface area (Å²) in [6.07, 6.45) is 0. The van der Waals surface area contributed by atoms with Gasteiger partial charge in [0.1, 0.15) is 0 Å². The van der Waals surface area contributed by atoms with Crippen molar-refractivity contribution in [2.45, 2.75) is 26.3 Å². The molecule has 0 bridgehead atoms. The van der Waals surface area contributed by atoms with Crippen molar-refractivity contribution >= 4 is 15.9 Å². The number of piperazine rings is 1. The summed E-state index contributed by atoms with van der Waals surface area (Å²) in [5.74, 6) is 0.627. The number of hydrogen-bond donors (Lipinski definition) is 0. The Morgan fingerprint density at radius 1 is 1.00 bits per heavy atom. The molecule has 0 N–H and O–H groups in total. The fourth-order valence-corrected chi connectivity index (χ4v) is 3.06. The van der Waals surface area contributed by atoms with Crippen LogP contribution in [0, 0.1) is 0 Å². The summed E-state index contributed by atoms with van der Waals surface area (Å²) >= 11 is 3.52. The average molecular weight is 325 g/mol. The van der Waals surface area contributed by atoms with Crippen LogP contribution in [0.4, 0.5) is 0 Å². The molecule has 0 unspecified atom stereocenters. The minimum Gasteiger partial charge on any atom is -0.300 e. The highest BCUT2D eigenvalue weighted by atomic mass is 79.9. The molecule has 1 fully saturated rings. The van der Waals surface area contributed by atoms with E-state index in [0.717, 1.165) is 11.9 Å². The van der Waals surface area contributed by atoms with Gasteiger partial charge in [0, 0.05) is 44.6 Å². The molecule has 1 heterocycles. The van der Waals surface area contributed by atoms with E-state index in [1.54, 1.807) is 0 Å². The molecular formula is C16H25BrN2. The van der Waals surface area contributed by atoms with Gasteiger partial charge in [0.25, 0.3) is 0 Å². The van der Waals surface area contributed by atoms with Crippen molar-refractivity contribution in [1.82, 2.24) is 9.80 Å². The van der Waals surface area contributed by atoms with Gasteiger partial charge in [-0.3, -0.25) is 9.80 Å². The third-order valence-electron chi connectivity index (χ3n) is 3.92.